The molecule has 0 aliphatic heterocycles. The molecular formula is C33H42F2N4O2. The van der Waals surface area contributed by atoms with Gasteiger partial charge in [0.1, 0.15) is 0 Å². The van der Waals surface area contributed by atoms with Crippen LogP contribution in [-0.2, 0) is 11.2 Å². The summed E-state index contributed by atoms with van der Waals surface area (Å²) in [4.78, 5) is 33.4. The van der Waals surface area contributed by atoms with Crippen LogP contribution in [0.15, 0.2) is 58.8 Å². The number of aliphatic imine (C=N–C) groups is 2. The molecule has 0 unspecified atom stereocenters. The van der Waals surface area contributed by atoms with Gasteiger partial charge in [-0.2, -0.15) is 0 Å². The van der Waals surface area contributed by atoms with Crippen molar-refractivity contribution in [3.8, 4) is 0 Å². The Morgan fingerprint density at radius 1 is 0.951 bits per heavy atom. The monoisotopic (exact) mass is 564 g/mol. The lowest BCUT2D eigenvalue weighted by Crippen LogP contribution is -2.23. The highest BCUT2D eigenvalue weighted by Gasteiger charge is 2.14. The number of hydrogen-bond donors (Lipinski definition) is 2. The Bertz CT molecular complexity index is 1340. The van der Waals surface area contributed by atoms with Crippen LogP contribution in [0.25, 0.3) is 5.57 Å². The fraction of sp³-hybridized carbons (Fsp3) is 0.394. The number of amides is 1. The molecule has 2 aromatic rings. The molecule has 0 aliphatic rings. The van der Waals surface area contributed by atoms with E-state index in [2.05, 4.69) is 20.6 Å². The van der Waals surface area contributed by atoms with E-state index < -0.39 is 11.6 Å². The Morgan fingerprint density at radius 2 is 1.68 bits per heavy atom. The van der Waals surface area contributed by atoms with Crippen LogP contribution >= 0.6 is 0 Å². The summed E-state index contributed by atoms with van der Waals surface area (Å²) in [5, 5.41) is 6.16. The SMILES string of the molecule is C/C=C\N=C(Nc1ccc(C(=O)CCCCNC(=O)CCC)c(CC)c1)C(C)=N/C=C(\C)c1ccc(C)c(F)c1F. The summed E-state index contributed by atoms with van der Waals surface area (Å²) in [5.41, 5.74) is 3.78. The number of nitrogens with zero attached hydrogens (tertiary/aromatic N) is 2. The number of carbonyl (C=O) groups is 2. The van der Waals surface area contributed by atoms with Crippen molar-refractivity contribution in [1.29, 1.82) is 0 Å². The zero-order chi connectivity index (χ0) is 30.4. The van der Waals surface area contributed by atoms with Crippen molar-refractivity contribution in [1.82, 2.24) is 5.32 Å². The Labute approximate surface area is 242 Å². The van der Waals surface area contributed by atoms with Crippen molar-refractivity contribution in [3.63, 3.8) is 0 Å². The molecule has 0 saturated heterocycles. The molecule has 2 rings (SSSR count). The minimum Gasteiger partial charge on any atom is -0.356 e. The average Bonchev–Trinajstić information content (AvgIpc) is 2.96. The second kappa shape index (κ2) is 17.0. The topological polar surface area (TPSA) is 82.9 Å². The summed E-state index contributed by atoms with van der Waals surface area (Å²) in [7, 11) is 0. The van der Waals surface area contributed by atoms with Crippen molar-refractivity contribution in [2.24, 2.45) is 9.98 Å². The first-order valence-electron chi connectivity index (χ1n) is 14.2. The van der Waals surface area contributed by atoms with E-state index in [1.807, 2.05) is 39.0 Å². The summed E-state index contributed by atoms with van der Waals surface area (Å²) in [6, 6.07) is 8.67. The van der Waals surface area contributed by atoms with Crippen LogP contribution in [0, 0.1) is 18.6 Å². The first-order valence-corrected chi connectivity index (χ1v) is 14.2. The molecule has 0 aromatic heterocycles. The highest BCUT2D eigenvalue weighted by Crippen LogP contribution is 2.23. The third-order valence-electron chi connectivity index (χ3n) is 6.53. The predicted molar refractivity (Wildman–Crippen MR) is 166 cm³/mol. The largest absolute Gasteiger partial charge is 0.356 e. The number of rotatable bonds is 14. The zero-order valence-electron chi connectivity index (χ0n) is 25.0. The lowest BCUT2D eigenvalue weighted by atomic mass is 9.97. The second-order valence-electron chi connectivity index (χ2n) is 9.88. The highest BCUT2D eigenvalue weighted by molar-refractivity contribution is 6.45. The molecule has 6 nitrogen and oxygen atoms in total. The number of anilines is 1. The van der Waals surface area contributed by atoms with E-state index in [9.17, 15) is 18.4 Å². The van der Waals surface area contributed by atoms with Crippen molar-refractivity contribution in [2.75, 3.05) is 11.9 Å². The van der Waals surface area contributed by atoms with Crippen LogP contribution in [0.2, 0.25) is 0 Å². The number of Topliss-reactive ketones (excluding diaryl/α,β-unsaturated/α-hetero) is 1. The van der Waals surface area contributed by atoms with Crippen LogP contribution in [0.5, 0.6) is 0 Å². The molecule has 0 radical (unpaired) electrons. The van der Waals surface area contributed by atoms with E-state index in [1.165, 1.54) is 25.3 Å². The van der Waals surface area contributed by atoms with E-state index in [-0.39, 0.29) is 22.8 Å². The molecule has 8 heteroatoms. The van der Waals surface area contributed by atoms with Crippen LogP contribution in [-0.4, -0.2) is 29.8 Å². The highest BCUT2D eigenvalue weighted by atomic mass is 19.2. The third kappa shape index (κ3) is 10.2. The van der Waals surface area contributed by atoms with E-state index in [0.29, 0.717) is 54.9 Å². The quantitative estimate of drug-likeness (QED) is 0.106. The summed E-state index contributed by atoms with van der Waals surface area (Å²) in [6.07, 6.45) is 8.81. The van der Waals surface area contributed by atoms with Crippen LogP contribution < -0.4 is 10.6 Å². The molecule has 0 bridgehead atoms. The van der Waals surface area contributed by atoms with Gasteiger partial charge in [-0.05, 0) is 88.3 Å². The lowest BCUT2D eigenvalue weighted by Gasteiger charge is -2.13. The maximum absolute atomic E-state index is 14.4. The van der Waals surface area contributed by atoms with Gasteiger partial charge in [0.25, 0.3) is 0 Å². The number of unbranched alkanes of at least 4 members (excludes halogenated alkanes) is 1. The van der Waals surface area contributed by atoms with E-state index in [0.717, 1.165) is 24.1 Å². The van der Waals surface area contributed by atoms with Crippen LogP contribution in [0.1, 0.15) is 93.8 Å². The number of hydrogen-bond acceptors (Lipinski definition) is 4. The molecule has 220 valence electrons. The number of amidine groups is 1. The van der Waals surface area contributed by atoms with Crippen molar-refractivity contribution < 1.29 is 18.4 Å². The van der Waals surface area contributed by atoms with Gasteiger partial charge in [-0.3, -0.25) is 14.6 Å². The van der Waals surface area contributed by atoms with Crippen molar-refractivity contribution >= 4 is 34.5 Å². The van der Waals surface area contributed by atoms with E-state index >= 15 is 0 Å². The van der Waals surface area contributed by atoms with Crippen LogP contribution in [0.3, 0.4) is 0 Å². The van der Waals surface area contributed by atoms with Crippen molar-refractivity contribution in [2.45, 2.75) is 80.1 Å². The van der Waals surface area contributed by atoms with Crippen molar-refractivity contribution in [3.05, 3.63) is 82.7 Å². The molecule has 0 heterocycles. The molecule has 2 N–H and O–H groups in total. The lowest BCUT2D eigenvalue weighted by molar-refractivity contribution is -0.121. The minimum absolute atomic E-state index is 0.0505. The van der Waals surface area contributed by atoms with Crippen LogP contribution in [0.4, 0.5) is 14.5 Å². The fourth-order valence-electron chi connectivity index (χ4n) is 4.10. The molecule has 0 aliphatic carbocycles. The van der Waals surface area contributed by atoms with E-state index in [4.69, 9.17) is 0 Å². The summed E-state index contributed by atoms with van der Waals surface area (Å²) < 4.78 is 28.5. The second-order valence-corrected chi connectivity index (χ2v) is 9.88. The zero-order valence-corrected chi connectivity index (χ0v) is 25.0. The summed E-state index contributed by atoms with van der Waals surface area (Å²) in [6.45, 7) is 11.4. The molecule has 41 heavy (non-hydrogen) atoms. The molecule has 0 fully saturated rings. The molecule has 0 spiro atoms. The van der Waals surface area contributed by atoms with Gasteiger partial charge in [-0.15, -0.1) is 0 Å². The number of nitrogens with one attached hydrogen (secondary N) is 2. The van der Waals surface area contributed by atoms with Gasteiger partial charge >= 0.3 is 0 Å². The predicted octanol–water partition coefficient (Wildman–Crippen LogP) is 7.97. The standard InChI is InChI=1S/C33H42F2N4O2/c1-7-12-30(41)36-19-11-10-13-29(40)28-17-15-26(20-25(28)9-3)39-33(37-18-8-2)24(6)38-21-23(5)27-16-14-22(4)31(34)32(27)35/h8,14-18,20-21H,7,9-13,19H2,1-6H3,(H,36,41)(H,37,39)/b18-8-,23-21+,38-24?. The summed E-state index contributed by atoms with van der Waals surface area (Å²) in [5.74, 6) is -1.15. The Hall–Kier alpha value is -3.94. The van der Waals surface area contributed by atoms with Gasteiger partial charge in [-0.1, -0.05) is 32.1 Å². The number of ketones is 1. The number of halogens is 2. The first-order chi connectivity index (χ1) is 19.6. The minimum atomic E-state index is -0.895. The van der Waals surface area contributed by atoms with Gasteiger partial charge in [0, 0.05) is 48.6 Å². The van der Waals surface area contributed by atoms with Gasteiger partial charge in [0.05, 0.1) is 5.71 Å². The number of allylic oxidation sites excluding steroid dienone is 2. The molecular weight excluding hydrogens is 522 g/mol. The molecule has 2 aromatic carbocycles. The van der Waals surface area contributed by atoms with Gasteiger partial charge < -0.3 is 10.6 Å². The maximum Gasteiger partial charge on any atom is 0.219 e. The smallest absolute Gasteiger partial charge is 0.219 e. The molecule has 0 saturated carbocycles. The summed E-state index contributed by atoms with van der Waals surface area (Å²) >= 11 is 0. The number of aryl methyl sites for hydroxylation is 2. The van der Waals surface area contributed by atoms with Gasteiger partial charge in [0.15, 0.2) is 23.3 Å². The Balaban J connectivity index is 2.16. The first kappa shape index (κ1) is 33.3. The number of carbonyl (C=O) groups excluding carboxylic acids is 2. The Kier molecular flexibility index (Phi) is 13.8. The number of benzene rings is 2. The maximum atomic E-state index is 14.4. The van der Waals surface area contributed by atoms with Gasteiger partial charge in [-0.25, -0.2) is 13.8 Å². The molecule has 1 amide bonds. The molecule has 0 atom stereocenters. The van der Waals surface area contributed by atoms with Gasteiger partial charge in [0.2, 0.25) is 5.91 Å². The average molecular weight is 565 g/mol. The third-order valence-corrected chi connectivity index (χ3v) is 6.53. The fourth-order valence-corrected chi connectivity index (χ4v) is 4.10. The normalized spacial score (nSPS) is 12.6. The van der Waals surface area contributed by atoms with E-state index in [1.54, 1.807) is 26.1 Å². The Morgan fingerprint density at radius 3 is 2.37 bits per heavy atom.